The van der Waals surface area contributed by atoms with Crippen molar-refractivity contribution in [2.45, 2.75) is 39.3 Å². The summed E-state index contributed by atoms with van der Waals surface area (Å²) < 4.78 is 2.09. The van der Waals surface area contributed by atoms with Gasteiger partial charge in [-0.25, -0.2) is 0 Å². The Morgan fingerprint density at radius 1 is 1.07 bits per heavy atom. The Bertz CT molecular complexity index is 1200. The van der Waals surface area contributed by atoms with Crippen LogP contribution < -0.4 is 5.32 Å². The normalized spacial score (nSPS) is 11.4. The zero-order valence-corrected chi connectivity index (χ0v) is 17.7. The number of aromatic nitrogens is 5. The summed E-state index contributed by atoms with van der Waals surface area (Å²) in [5.74, 6) is 0.523. The molecule has 0 aliphatic rings. The lowest BCUT2D eigenvalue weighted by molar-refractivity contribution is -0.115. The van der Waals surface area contributed by atoms with Crippen LogP contribution in [0.2, 0.25) is 0 Å². The van der Waals surface area contributed by atoms with Gasteiger partial charge in [0.05, 0.1) is 5.52 Å². The molecule has 0 bridgehead atoms. The van der Waals surface area contributed by atoms with Crippen molar-refractivity contribution in [1.29, 1.82) is 0 Å². The van der Waals surface area contributed by atoms with Gasteiger partial charge in [0.1, 0.15) is 5.01 Å². The van der Waals surface area contributed by atoms with Crippen molar-refractivity contribution >= 4 is 50.7 Å². The monoisotopic (exact) mass is 412 g/mol. The predicted molar refractivity (Wildman–Crippen MR) is 113 cm³/mol. The first-order valence-electron chi connectivity index (χ1n) is 8.91. The molecule has 0 aliphatic carbocycles. The van der Waals surface area contributed by atoms with Gasteiger partial charge in [-0.2, -0.15) is 0 Å². The number of rotatable bonds is 5. The second kappa shape index (κ2) is 7.48. The van der Waals surface area contributed by atoms with Crippen molar-refractivity contribution in [3.63, 3.8) is 0 Å². The molecule has 144 valence electrons. The molecule has 1 N–H and O–H groups in total. The Balaban J connectivity index is 1.56. The van der Waals surface area contributed by atoms with Gasteiger partial charge in [0.15, 0.2) is 10.8 Å². The van der Waals surface area contributed by atoms with Crippen molar-refractivity contribution in [2.24, 2.45) is 0 Å². The van der Waals surface area contributed by atoms with Crippen LogP contribution in [0.25, 0.3) is 16.6 Å². The van der Waals surface area contributed by atoms with Gasteiger partial charge in [0.25, 0.3) is 0 Å². The van der Waals surface area contributed by atoms with Crippen molar-refractivity contribution < 1.29 is 4.79 Å². The minimum Gasteiger partial charge on any atom is -0.301 e. The Morgan fingerprint density at radius 3 is 2.64 bits per heavy atom. The van der Waals surface area contributed by atoms with Crippen LogP contribution in [0.4, 0.5) is 5.13 Å². The van der Waals surface area contributed by atoms with E-state index in [1.807, 2.05) is 6.92 Å². The third-order valence-corrected chi connectivity index (χ3v) is 6.11. The van der Waals surface area contributed by atoms with Gasteiger partial charge in [0, 0.05) is 17.6 Å². The van der Waals surface area contributed by atoms with E-state index < -0.39 is 0 Å². The Kier molecular flexibility index (Phi) is 5.03. The molecule has 1 amide bonds. The quantitative estimate of drug-likeness (QED) is 0.497. The number of hydrogen-bond acceptors (Lipinski definition) is 7. The number of aryl methyl sites for hydroxylation is 4. The zero-order chi connectivity index (χ0) is 19.8. The van der Waals surface area contributed by atoms with Crippen LogP contribution >= 0.6 is 23.1 Å². The molecular formula is C19H20N6OS2. The number of fused-ring (bicyclic) bond motifs is 3. The molecule has 0 saturated carbocycles. The highest BCUT2D eigenvalue weighted by molar-refractivity contribution is 7.99. The lowest BCUT2D eigenvalue weighted by Crippen LogP contribution is -2.12. The van der Waals surface area contributed by atoms with Crippen LogP contribution in [0.15, 0.2) is 23.4 Å². The maximum Gasteiger partial charge on any atom is 0.227 e. The van der Waals surface area contributed by atoms with Crippen molar-refractivity contribution in [3.8, 4) is 0 Å². The number of anilines is 1. The van der Waals surface area contributed by atoms with Crippen LogP contribution in [0.1, 0.15) is 28.1 Å². The molecule has 9 heteroatoms. The fourth-order valence-electron chi connectivity index (χ4n) is 3.27. The second-order valence-electron chi connectivity index (χ2n) is 6.75. The first kappa shape index (κ1) is 18.8. The molecule has 0 fully saturated rings. The average molecular weight is 413 g/mol. The van der Waals surface area contributed by atoms with E-state index in [2.05, 4.69) is 69.1 Å². The molecule has 3 heterocycles. The summed E-state index contributed by atoms with van der Waals surface area (Å²) in [6.45, 7) is 8.17. The van der Waals surface area contributed by atoms with E-state index in [1.165, 1.54) is 45.2 Å². The highest BCUT2D eigenvalue weighted by Gasteiger charge is 2.14. The van der Waals surface area contributed by atoms with E-state index in [0.717, 1.165) is 21.3 Å². The molecule has 3 aromatic heterocycles. The highest BCUT2D eigenvalue weighted by Crippen LogP contribution is 2.29. The summed E-state index contributed by atoms with van der Waals surface area (Å²) in [6.07, 6.45) is 0.361. The maximum atomic E-state index is 12.1. The number of pyridine rings is 1. The molecule has 0 aliphatic heterocycles. The lowest BCUT2D eigenvalue weighted by Gasteiger charge is -2.11. The molecule has 0 unspecified atom stereocenters. The molecule has 0 spiro atoms. The predicted octanol–water partition coefficient (Wildman–Crippen LogP) is 4.09. The Hall–Kier alpha value is -2.52. The second-order valence-corrected chi connectivity index (χ2v) is 9.00. The summed E-state index contributed by atoms with van der Waals surface area (Å²) in [6, 6.07) is 6.43. The number of thioether (sulfide) groups is 1. The molecule has 0 atom stereocenters. The van der Waals surface area contributed by atoms with Gasteiger partial charge in [-0.1, -0.05) is 34.7 Å². The van der Waals surface area contributed by atoms with Gasteiger partial charge in [-0.05, 0) is 51.0 Å². The van der Waals surface area contributed by atoms with Gasteiger partial charge in [-0.3, -0.25) is 9.20 Å². The van der Waals surface area contributed by atoms with Crippen LogP contribution in [0.5, 0.6) is 0 Å². The number of carbonyl (C=O) groups is 1. The number of carbonyl (C=O) groups excluding carboxylic acids is 1. The standard InChI is InChI=1S/C19H20N6OS2/c1-10-7-12(3)17-14(8-10)11(2)9-15-22-24-19(25(15)17)27-6-5-16(26)20-18-23-21-13(4)28-18/h7-9H,5-6H2,1-4H3,(H,20,23,26). The van der Waals surface area contributed by atoms with Gasteiger partial charge in [-0.15, -0.1) is 20.4 Å². The number of nitrogens with zero attached hydrogens (tertiary/aromatic N) is 5. The van der Waals surface area contributed by atoms with Gasteiger partial charge >= 0.3 is 0 Å². The van der Waals surface area contributed by atoms with Crippen LogP contribution in [0, 0.1) is 27.7 Å². The summed E-state index contributed by atoms with van der Waals surface area (Å²) in [4.78, 5) is 12.1. The third kappa shape index (κ3) is 3.59. The van der Waals surface area contributed by atoms with Crippen LogP contribution in [-0.2, 0) is 4.79 Å². The van der Waals surface area contributed by atoms with E-state index in [4.69, 9.17) is 0 Å². The molecular weight excluding hydrogens is 392 g/mol. The Morgan fingerprint density at radius 2 is 1.89 bits per heavy atom. The van der Waals surface area contributed by atoms with Crippen LogP contribution in [0.3, 0.4) is 0 Å². The van der Waals surface area contributed by atoms with E-state index in [-0.39, 0.29) is 5.91 Å². The van der Waals surface area contributed by atoms with Crippen molar-refractivity contribution in [1.82, 2.24) is 24.8 Å². The van der Waals surface area contributed by atoms with Gasteiger partial charge < -0.3 is 5.32 Å². The molecule has 28 heavy (non-hydrogen) atoms. The third-order valence-electron chi connectivity index (χ3n) is 4.43. The van der Waals surface area contributed by atoms with E-state index in [0.29, 0.717) is 17.3 Å². The Labute approximate surface area is 170 Å². The minimum atomic E-state index is -0.0787. The minimum absolute atomic E-state index is 0.0787. The van der Waals surface area contributed by atoms with Gasteiger partial charge in [0.2, 0.25) is 11.0 Å². The smallest absolute Gasteiger partial charge is 0.227 e. The van der Waals surface area contributed by atoms with E-state index >= 15 is 0 Å². The molecule has 7 nitrogen and oxygen atoms in total. The van der Waals surface area contributed by atoms with Crippen molar-refractivity contribution in [3.05, 3.63) is 39.9 Å². The average Bonchev–Trinajstić information content (AvgIpc) is 3.21. The topological polar surface area (TPSA) is 85.1 Å². The molecule has 1 aromatic carbocycles. The summed E-state index contributed by atoms with van der Waals surface area (Å²) in [5.41, 5.74) is 5.56. The largest absolute Gasteiger partial charge is 0.301 e. The first-order chi connectivity index (χ1) is 13.4. The molecule has 0 saturated heterocycles. The lowest BCUT2D eigenvalue weighted by atomic mass is 10.0. The number of hydrogen-bond donors (Lipinski definition) is 1. The number of amides is 1. The fourth-order valence-corrected chi connectivity index (χ4v) is 4.76. The van der Waals surface area contributed by atoms with Crippen molar-refractivity contribution in [2.75, 3.05) is 11.1 Å². The molecule has 4 aromatic rings. The summed E-state index contributed by atoms with van der Waals surface area (Å²) in [7, 11) is 0. The highest BCUT2D eigenvalue weighted by atomic mass is 32.2. The number of benzene rings is 1. The summed E-state index contributed by atoms with van der Waals surface area (Å²) in [5, 5.41) is 22.7. The first-order valence-corrected chi connectivity index (χ1v) is 10.7. The van der Waals surface area contributed by atoms with E-state index in [1.54, 1.807) is 0 Å². The van der Waals surface area contributed by atoms with E-state index in [9.17, 15) is 4.79 Å². The zero-order valence-electron chi connectivity index (χ0n) is 16.1. The molecule has 0 radical (unpaired) electrons. The molecule has 4 rings (SSSR count). The SMILES string of the molecule is Cc1cc(C)c2c(c1)c(C)cc1nnc(SCCC(=O)Nc3nnc(C)s3)n12. The fraction of sp³-hybridized carbons (Fsp3) is 0.316. The van der Waals surface area contributed by atoms with Crippen LogP contribution in [-0.4, -0.2) is 36.5 Å². The summed E-state index contributed by atoms with van der Waals surface area (Å²) >= 11 is 2.90. The maximum absolute atomic E-state index is 12.1. The number of nitrogens with one attached hydrogen (secondary N) is 1.